The predicted molar refractivity (Wildman–Crippen MR) is 42.6 cm³/mol. The molecule has 56 valence electrons. The minimum absolute atomic E-state index is 0.0810. The maximum Gasteiger partial charge on any atom is 0.0463 e. The fraction of sp³-hybridized carbons (Fsp3) is 0.500. The predicted octanol–water partition coefficient (Wildman–Crippen LogP) is 0.448. The number of carboxylic acid groups (broad SMARTS) is 1. The van der Waals surface area contributed by atoms with E-state index < -0.39 is 5.97 Å². The Morgan fingerprint density at radius 2 is 2.50 bits per heavy atom. The molecule has 1 aliphatic rings. The zero-order valence-corrected chi connectivity index (χ0v) is 6.96. The Kier molecular flexibility index (Phi) is 3.15. The van der Waals surface area contributed by atoms with E-state index >= 15 is 0 Å². The van der Waals surface area contributed by atoms with Crippen LogP contribution in [-0.4, -0.2) is 17.5 Å². The van der Waals surface area contributed by atoms with Gasteiger partial charge < -0.3 is 9.90 Å². The van der Waals surface area contributed by atoms with Gasteiger partial charge in [0.05, 0.1) is 0 Å². The Balaban J connectivity index is 2.38. The Morgan fingerprint density at radius 1 is 1.70 bits per heavy atom. The van der Waals surface area contributed by atoms with Gasteiger partial charge in [0, 0.05) is 23.9 Å². The van der Waals surface area contributed by atoms with Crippen LogP contribution in [0.1, 0.15) is 6.42 Å². The first kappa shape index (κ1) is 8.01. The molecular formula is C6H7O2S2-. The molecule has 0 fully saturated rings. The summed E-state index contributed by atoms with van der Waals surface area (Å²) in [6.07, 6.45) is 0.0810. The lowest BCUT2D eigenvalue weighted by molar-refractivity contribution is -0.304. The van der Waals surface area contributed by atoms with Crippen LogP contribution in [0.2, 0.25) is 0 Å². The molecule has 2 nitrogen and oxygen atoms in total. The monoisotopic (exact) mass is 175 g/mol. The van der Waals surface area contributed by atoms with Crippen LogP contribution in [-0.2, 0) is 4.79 Å². The topological polar surface area (TPSA) is 40.1 Å². The maximum atomic E-state index is 10.1. The van der Waals surface area contributed by atoms with Crippen molar-refractivity contribution in [3.8, 4) is 0 Å². The second kappa shape index (κ2) is 3.93. The van der Waals surface area contributed by atoms with Gasteiger partial charge in [0.25, 0.3) is 0 Å². The lowest BCUT2D eigenvalue weighted by Gasteiger charge is -2.11. The Morgan fingerprint density at radius 3 is 3.00 bits per heavy atom. The van der Waals surface area contributed by atoms with Crippen molar-refractivity contribution in [2.24, 2.45) is 0 Å². The summed E-state index contributed by atoms with van der Waals surface area (Å²) < 4.78 is 0. The summed E-state index contributed by atoms with van der Waals surface area (Å²) in [6, 6.07) is 0. The van der Waals surface area contributed by atoms with E-state index in [9.17, 15) is 9.90 Å². The lowest BCUT2D eigenvalue weighted by atomic mass is 10.4. The average molecular weight is 175 g/mol. The van der Waals surface area contributed by atoms with E-state index in [1.807, 2.05) is 5.41 Å². The van der Waals surface area contributed by atoms with E-state index in [0.717, 1.165) is 16.4 Å². The zero-order valence-electron chi connectivity index (χ0n) is 5.33. The smallest absolute Gasteiger partial charge is 0.0463 e. The highest BCUT2D eigenvalue weighted by molar-refractivity contribution is 8.09. The van der Waals surface area contributed by atoms with Gasteiger partial charge in [-0.15, -0.1) is 23.5 Å². The Hall–Kier alpha value is -0.0900. The number of aliphatic carboxylic acids is 1. The van der Waals surface area contributed by atoms with Gasteiger partial charge >= 0.3 is 0 Å². The fourth-order valence-electron chi connectivity index (χ4n) is 0.642. The van der Waals surface area contributed by atoms with Crippen LogP contribution in [0.4, 0.5) is 0 Å². The van der Waals surface area contributed by atoms with Crippen molar-refractivity contribution in [1.29, 1.82) is 0 Å². The SMILES string of the molecule is O=C([O-])CC1=CSCCS1. The number of rotatable bonds is 2. The summed E-state index contributed by atoms with van der Waals surface area (Å²) in [4.78, 5) is 11.0. The van der Waals surface area contributed by atoms with Crippen molar-refractivity contribution >= 4 is 29.5 Å². The third-order valence-corrected chi connectivity index (χ3v) is 3.36. The highest BCUT2D eigenvalue weighted by Crippen LogP contribution is 2.28. The van der Waals surface area contributed by atoms with Crippen molar-refractivity contribution in [3.63, 3.8) is 0 Å². The summed E-state index contributed by atoms with van der Waals surface area (Å²) in [7, 11) is 0. The molecular weight excluding hydrogens is 168 g/mol. The largest absolute Gasteiger partial charge is 0.550 e. The van der Waals surface area contributed by atoms with Crippen LogP contribution < -0.4 is 5.11 Å². The molecule has 0 saturated carbocycles. The number of carboxylic acids is 1. The summed E-state index contributed by atoms with van der Waals surface area (Å²) in [5.41, 5.74) is 0. The van der Waals surface area contributed by atoms with Crippen LogP contribution >= 0.6 is 23.5 Å². The van der Waals surface area contributed by atoms with Crippen LogP contribution in [0.25, 0.3) is 0 Å². The molecule has 0 amide bonds. The van der Waals surface area contributed by atoms with E-state index in [1.54, 1.807) is 23.5 Å². The molecule has 0 aliphatic carbocycles. The van der Waals surface area contributed by atoms with Crippen molar-refractivity contribution in [1.82, 2.24) is 0 Å². The average Bonchev–Trinajstić information content (AvgIpc) is 1.88. The van der Waals surface area contributed by atoms with E-state index in [1.165, 1.54) is 0 Å². The molecule has 0 N–H and O–H groups in total. The molecule has 10 heavy (non-hydrogen) atoms. The first-order valence-corrected chi connectivity index (χ1v) is 4.96. The zero-order chi connectivity index (χ0) is 7.40. The van der Waals surface area contributed by atoms with Crippen LogP contribution in [0.3, 0.4) is 0 Å². The Bertz CT molecular complexity index is 165. The molecule has 1 heterocycles. The van der Waals surface area contributed by atoms with Crippen molar-refractivity contribution in [3.05, 3.63) is 10.3 Å². The normalized spacial score (nSPS) is 18.2. The molecule has 0 spiro atoms. The summed E-state index contributed by atoms with van der Waals surface area (Å²) in [5.74, 6) is 1.12. The third-order valence-electron chi connectivity index (χ3n) is 1.02. The molecule has 0 aromatic heterocycles. The minimum Gasteiger partial charge on any atom is -0.550 e. The fourth-order valence-corrected chi connectivity index (χ4v) is 2.71. The second-order valence-corrected chi connectivity index (χ2v) is 4.05. The standard InChI is InChI=1S/C6H8O2S2/c7-6(8)3-5-4-9-1-2-10-5/h4H,1-3H2,(H,7,8)/p-1. The summed E-state index contributed by atoms with van der Waals surface area (Å²) in [5, 5.41) is 12.0. The van der Waals surface area contributed by atoms with Crippen molar-refractivity contribution in [2.75, 3.05) is 11.5 Å². The van der Waals surface area contributed by atoms with E-state index in [4.69, 9.17) is 0 Å². The van der Waals surface area contributed by atoms with Gasteiger partial charge in [-0.25, -0.2) is 0 Å². The number of thioether (sulfide) groups is 2. The molecule has 0 radical (unpaired) electrons. The minimum atomic E-state index is -0.985. The quantitative estimate of drug-likeness (QED) is 0.611. The molecule has 1 rings (SSSR count). The van der Waals surface area contributed by atoms with Crippen LogP contribution in [0, 0.1) is 0 Å². The second-order valence-electron chi connectivity index (χ2n) is 1.85. The van der Waals surface area contributed by atoms with Crippen LogP contribution in [0.5, 0.6) is 0 Å². The first-order chi connectivity index (χ1) is 4.79. The van der Waals surface area contributed by atoms with Crippen molar-refractivity contribution < 1.29 is 9.90 Å². The summed E-state index contributed by atoms with van der Waals surface area (Å²) >= 11 is 3.28. The molecule has 4 heteroatoms. The first-order valence-electron chi connectivity index (χ1n) is 2.92. The highest BCUT2D eigenvalue weighted by atomic mass is 32.2. The Labute approximate surface area is 68.1 Å². The molecule has 0 bridgehead atoms. The number of hydrogen-bond acceptors (Lipinski definition) is 4. The van der Waals surface area contributed by atoms with Gasteiger partial charge in [0.1, 0.15) is 0 Å². The van der Waals surface area contributed by atoms with Gasteiger partial charge in [0.2, 0.25) is 0 Å². The number of hydrogen-bond donors (Lipinski definition) is 0. The van der Waals surface area contributed by atoms with E-state index in [-0.39, 0.29) is 6.42 Å². The third kappa shape index (κ3) is 2.66. The van der Waals surface area contributed by atoms with Gasteiger partial charge in [-0.3, -0.25) is 0 Å². The lowest BCUT2D eigenvalue weighted by Crippen LogP contribution is -2.22. The highest BCUT2D eigenvalue weighted by Gasteiger charge is 2.03. The summed E-state index contributed by atoms with van der Waals surface area (Å²) in [6.45, 7) is 0. The van der Waals surface area contributed by atoms with E-state index in [0.29, 0.717) is 0 Å². The van der Waals surface area contributed by atoms with E-state index in [2.05, 4.69) is 0 Å². The van der Waals surface area contributed by atoms with Gasteiger partial charge in [0.15, 0.2) is 0 Å². The number of carbonyl (C=O) groups excluding carboxylic acids is 1. The van der Waals surface area contributed by atoms with Gasteiger partial charge in [-0.05, 0) is 10.3 Å². The van der Waals surface area contributed by atoms with Crippen LogP contribution in [0.15, 0.2) is 10.3 Å². The van der Waals surface area contributed by atoms with Gasteiger partial charge in [-0.1, -0.05) is 0 Å². The molecule has 0 saturated heterocycles. The van der Waals surface area contributed by atoms with Crippen molar-refractivity contribution in [2.45, 2.75) is 6.42 Å². The molecule has 0 atom stereocenters. The molecule has 0 unspecified atom stereocenters. The maximum absolute atomic E-state index is 10.1. The molecule has 1 aliphatic heterocycles. The molecule has 0 aromatic rings. The molecule has 0 aromatic carbocycles. The number of carbonyl (C=O) groups is 1. The van der Waals surface area contributed by atoms with Gasteiger partial charge in [-0.2, -0.15) is 0 Å².